The lowest BCUT2D eigenvalue weighted by Crippen LogP contribution is -2.08. The summed E-state index contributed by atoms with van der Waals surface area (Å²) in [4.78, 5) is 11.1. The highest BCUT2D eigenvalue weighted by atomic mass is 32.1. The topological polar surface area (TPSA) is 59.4 Å². The van der Waals surface area contributed by atoms with Crippen molar-refractivity contribution in [3.63, 3.8) is 0 Å². The molecule has 20 heavy (non-hydrogen) atoms. The Labute approximate surface area is 115 Å². The second kappa shape index (κ2) is 5.49. The van der Waals surface area contributed by atoms with Crippen molar-refractivity contribution in [2.75, 3.05) is 0 Å². The molecule has 0 spiro atoms. The molecule has 1 heterocycles. The predicted octanol–water partition coefficient (Wildman–Crippen LogP) is 3.44. The first-order valence-corrected chi connectivity index (χ1v) is 6.13. The summed E-state index contributed by atoms with van der Waals surface area (Å²) >= 11 is 0.873. The molecule has 0 aliphatic heterocycles. The minimum absolute atomic E-state index is 0.155. The molecular formula is C12H8F3NO3S. The zero-order valence-corrected chi connectivity index (χ0v) is 10.7. The average molecular weight is 303 g/mol. The third-order valence-electron chi connectivity index (χ3n) is 2.34. The highest BCUT2D eigenvalue weighted by Gasteiger charge is 2.34. The molecule has 0 unspecified atom stereocenters. The second-order valence-corrected chi connectivity index (χ2v) is 4.66. The van der Waals surface area contributed by atoms with Crippen molar-refractivity contribution in [1.29, 1.82) is 0 Å². The molecule has 1 aromatic heterocycles. The summed E-state index contributed by atoms with van der Waals surface area (Å²) in [6, 6.07) is 6.10. The third kappa shape index (κ3) is 3.27. The molecule has 0 aliphatic rings. The predicted molar refractivity (Wildman–Crippen MR) is 64.8 cm³/mol. The van der Waals surface area contributed by atoms with Crippen LogP contribution in [0.5, 0.6) is 5.75 Å². The number of benzene rings is 1. The lowest BCUT2D eigenvalue weighted by Gasteiger charge is -2.12. The molecule has 8 heteroatoms. The van der Waals surface area contributed by atoms with E-state index < -0.39 is 17.7 Å². The summed E-state index contributed by atoms with van der Waals surface area (Å²) in [5.41, 5.74) is -1.03. The van der Waals surface area contributed by atoms with Gasteiger partial charge in [-0.15, -0.1) is 0 Å². The molecule has 2 aromatic rings. The van der Waals surface area contributed by atoms with Crippen LogP contribution in [-0.4, -0.2) is 15.4 Å². The van der Waals surface area contributed by atoms with Gasteiger partial charge in [0, 0.05) is 0 Å². The van der Waals surface area contributed by atoms with Crippen molar-refractivity contribution in [1.82, 2.24) is 4.37 Å². The van der Waals surface area contributed by atoms with E-state index in [1.54, 1.807) is 0 Å². The van der Waals surface area contributed by atoms with Crippen LogP contribution in [0.4, 0.5) is 13.2 Å². The van der Waals surface area contributed by atoms with Crippen molar-refractivity contribution in [3.8, 4) is 5.75 Å². The molecule has 0 amide bonds. The van der Waals surface area contributed by atoms with E-state index >= 15 is 0 Å². The maximum atomic E-state index is 12.7. The van der Waals surface area contributed by atoms with Crippen LogP contribution in [0, 0.1) is 0 Å². The Balaban J connectivity index is 2.13. The summed E-state index contributed by atoms with van der Waals surface area (Å²) in [5, 5.41) is 8.69. The van der Waals surface area contributed by atoms with E-state index in [-0.39, 0.29) is 18.1 Å². The smallest absolute Gasteiger partial charge is 0.419 e. The number of rotatable bonds is 4. The molecule has 0 saturated heterocycles. The van der Waals surface area contributed by atoms with Crippen LogP contribution in [0.1, 0.15) is 20.9 Å². The van der Waals surface area contributed by atoms with Crippen LogP contribution < -0.4 is 4.74 Å². The largest absolute Gasteiger partial charge is 0.487 e. The number of nitrogens with zero attached hydrogens (tertiary/aromatic N) is 1. The molecule has 106 valence electrons. The number of carboxylic acids is 1. The van der Waals surface area contributed by atoms with E-state index in [9.17, 15) is 18.0 Å². The molecule has 0 radical (unpaired) electrons. The van der Waals surface area contributed by atoms with Crippen molar-refractivity contribution in [3.05, 3.63) is 46.5 Å². The number of hydrogen-bond acceptors (Lipinski definition) is 4. The number of aromatic carboxylic acids is 1. The number of para-hydroxylation sites is 1. The number of carboxylic acid groups (broad SMARTS) is 1. The van der Waals surface area contributed by atoms with Gasteiger partial charge >= 0.3 is 12.1 Å². The number of hydrogen-bond donors (Lipinski definition) is 1. The SMILES string of the molecule is O=C(O)c1cc(COc2ccccc2C(F)(F)F)sn1. The minimum atomic E-state index is -4.50. The monoisotopic (exact) mass is 303 g/mol. The van der Waals surface area contributed by atoms with E-state index in [0.29, 0.717) is 4.88 Å². The first kappa shape index (κ1) is 14.3. The maximum Gasteiger partial charge on any atom is 0.419 e. The van der Waals surface area contributed by atoms with Gasteiger partial charge in [-0.2, -0.15) is 17.5 Å². The molecule has 0 saturated carbocycles. The molecule has 2 rings (SSSR count). The van der Waals surface area contributed by atoms with Crippen molar-refractivity contribution < 1.29 is 27.8 Å². The highest BCUT2D eigenvalue weighted by Crippen LogP contribution is 2.36. The van der Waals surface area contributed by atoms with Crippen molar-refractivity contribution in [2.24, 2.45) is 0 Å². The molecule has 0 fully saturated rings. The van der Waals surface area contributed by atoms with Gasteiger partial charge in [0.2, 0.25) is 0 Å². The number of halogens is 3. The fourth-order valence-corrected chi connectivity index (χ4v) is 2.08. The maximum absolute atomic E-state index is 12.7. The van der Waals surface area contributed by atoms with E-state index in [0.717, 1.165) is 17.6 Å². The Hall–Kier alpha value is -2.09. The molecule has 1 N–H and O–H groups in total. The summed E-state index contributed by atoms with van der Waals surface area (Å²) in [7, 11) is 0. The summed E-state index contributed by atoms with van der Waals surface area (Å²) in [6.07, 6.45) is -4.50. The molecular weight excluding hydrogens is 295 g/mol. The third-order valence-corrected chi connectivity index (χ3v) is 3.10. The van der Waals surface area contributed by atoms with Gasteiger partial charge in [0.25, 0.3) is 0 Å². The van der Waals surface area contributed by atoms with Gasteiger partial charge in [0.15, 0.2) is 5.69 Å². The Morgan fingerprint density at radius 2 is 2.05 bits per heavy atom. The van der Waals surface area contributed by atoms with Gasteiger partial charge in [-0.3, -0.25) is 0 Å². The van der Waals surface area contributed by atoms with Crippen molar-refractivity contribution in [2.45, 2.75) is 12.8 Å². The lowest BCUT2D eigenvalue weighted by molar-refractivity contribution is -0.139. The normalized spacial score (nSPS) is 11.3. The van der Waals surface area contributed by atoms with Crippen molar-refractivity contribution >= 4 is 17.5 Å². The standard InChI is InChI=1S/C12H8F3NO3S/c13-12(14,15)8-3-1-2-4-10(8)19-6-7-5-9(11(17)18)16-20-7/h1-5H,6H2,(H,17,18). The van der Waals surface area contributed by atoms with E-state index in [2.05, 4.69) is 4.37 Å². The number of carbonyl (C=O) groups is 1. The summed E-state index contributed by atoms with van der Waals surface area (Å²) in [6.45, 7) is -0.169. The average Bonchev–Trinajstić information content (AvgIpc) is 2.84. The fourth-order valence-electron chi connectivity index (χ4n) is 1.46. The zero-order chi connectivity index (χ0) is 14.8. The van der Waals surface area contributed by atoms with E-state index in [4.69, 9.17) is 9.84 Å². The van der Waals surface area contributed by atoms with Crippen LogP contribution in [-0.2, 0) is 12.8 Å². The highest BCUT2D eigenvalue weighted by molar-refractivity contribution is 7.05. The van der Waals surface area contributed by atoms with Gasteiger partial charge in [0.1, 0.15) is 12.4 Å². The lowest BCUT2D eigenvalue weighted by atomic mass is 10.2. The quantitative estimate of drug-likeness (QED) is 0.940. The number of alkyl halides is 3. The summed E-state index contributed by atoms with van der Waals surface area (Å²) in [5.74, 6) is -1.49. The zero-order valence-electron chi connectivity index (χ0n) is 9.85. The minimum Gasteiger partial charge on any atom is -0.487 e. The fraction of sp³-hybridized carbons (Fsp3) is 0.167. The van der Waals surface area contributed by atoms with Gasteiger partial charge < -0.3 is 9.84 Å². The van der Waals surface area contributed by atoms with Gasteiger partial charge in [-0.25, -0.2) is 4.79 Å². The second-order valence-electron chi connectivity index (χ2n) is 3.77. The molecule has 0 bridgehead atoms. The van der Waals surface area contributed by atoms with Crippen LogP contribution in [0.15, 0.2) is 30.3 Å². The van der Waals surface area contributed by atoms with Crippen LogP contribution >= 0.6 is 11.5 Å². The van der Waals surface area contributed by atoms with Gasteiger partial charge in [-0.05, 0) is 29.7 Å². The Kier molecular flexibility index (Phi) is 3.93. The Morgan fingerprint density at radius 1 is 1.35 bits per heavy atom. The van der Waals surface area contributed by atoms with Crippen LogP contribution in [0.3, 0.4) is 0 Å². The number of aromatic nitrogens is 1. The Morgan fingerprint density at radius 3 is 2.65 bits per heavy atom. The Bertz CT molecular complexity index is 624. The van der Waals surface area contributed by atoms with E-state index in [1.165, 1.54) is 24.3 Å². The molecule has 0 aliphatic carbocycles. The number of ether oxygens (including phenoxy) is 1. The molecule has 4 nitrogen and oxygen atoms in total. The molecule has 0 atom stereocenters. The van der Waals surface area contributed by atoms with Crippen LogP contribution in [0.2, 0.25) is 0 Å². The van der Waals surface area contributed by atoms with Crippen LogP contribution in [0.25, 0.3) is 0 Å². The summed E-state index contributed by atoms with van der Waals surface area (Å²) < 4.78 is 46.9. The first-order chi connectivity index (χ1) is 9.38. The first-order valence-electron chi connectivity index (χ1n) is 5.36. The van der Waals surface area contributed by atoms with E-state index in [1.807, 2.05) is 0 Å². The molecule has 1 aromatic carbocycles. The van der Waals surface area contributed by atoms with Gasteiger partial charge in [-0.1, -0.05) is 12.1 Å². The van der Waals surface area contributed by atoms with Gasteiger partial charge in [0.05, 0.1) is 10.4 Å².